The number of anilines is 1. The maximum absolute atomic E-state index is 13.1. The molecule has 2 saturated heterocycles. The van der Waals surface area contributed by atoms with Crippen molar-refractivity contribution in [1.29, 1.82) is 0 Å². The fourth-order valence-electron chi connectivity index (χ4n) is 4.51. The Labute approximate surface area is 264 Å². The van der Waals surface area contributed by atoms with Crippen molar-refractivity contribution in [2.45, 2.75) is 36.9 Å². The first-order chi connectivity index (χ1) is 21.6. The van der Waals surface area contributed by atoms with Crippen LogP contribution >= 0.6 is 23.1 Å². The first-order valence-corrected chi connectivity index (χ1v) is 15.2. The van der Waals surface area contributed by atoms with Crippen molar-refractivity contribution in [3.63, 3.8) is 0 Å². The molecule has 2 atom stereocenters. The van der Waals surface area contributed by atoms with Gasteiger partial charge >= 0.3 is 24.1 Å². The molecule has 248 valence electrons. The van der Waals surface area contributed by atoms with Crippen LogP contribution in [0.2, 0.25) is 0 Å². The van der Waals surface area contributed by atoms with Gasteiger partial charge in [0.25, 0.3) is 11.8 Å². The van der Waals surface area contributed by atoms with Crippen molar-refractivity contribution in [3.05, 3.63) is 34.0 Å². The summed E-state index contributed by atoms with van der Waals surface area (Å²) in [5.41, 5.74) is 5.93. The smallest absolute Gasteiger partial charge is 0.479 e. The number of carboxylic acids is 3. The van der Waals surface area contributed by atoms with Crippen LogP contribution in [0.15, 0.2) is 33.5 Å². The second kappa shape index (κ2) is 13.8. The molecule has 0 unspecified atom stereocenters. The number of hydrogen-bond donors (Lipinski definition) is 5. The van der Waals surface area contributed by atoms with E-state index in [1.165, 1.54) is 17.1 Å². The largest absolute Gasteiger partial charge is 0.490 e. The minimum atomic E-state index is -5.08. The molecule has 1 aromatic heterocycles. The number of fused-ring (bicyclic) bond motifs is 1. The molecule has 4 heterocycles. The molecule has 5 rings (SSSR count). The normalized spacial score (nSPS) is 22.2. The van der Waals surface area contributed by atoms with Crippen molar-refractivity contribution in [2.24, 2.45) is 11.1 Å². The van der Waals surface area contributed by atoms with Crippen LogP contribution in [0.4, 0.5) is 18.3 Å². The van der Waals surface area contributed by atoms with Gasteiger partial charge in [0.05, 0.1) is 0 Å². The van der Waals surface area contributed by atoms with Crippen molar-refractivity contribution in [1.82, 2.24) is 20.1 Å². The number of carbonyl (C=O) groups excluding carboxylic acids is 3. The van der Waals surface area contributed by atoms with Crippen molar-refractivity contribution in [3.8, 4) is 0 Å². The van der Waals surface area contributed by atoms with E-state index in [9.17, 15) is 42.3 Å². The van der Waals surface area contributed by atoms with E-state index in [0.29, 0.717) is 36.6 Å². The quantitative estimate of drug-likeness (QED) is 0.0972. The zero-order valence-corrected chi connectivity index (χ0v) is 25.0. The van der Waals surface area contributed by atoms with Crippen LogP contribution in [0, 0.1) is 5.92 Å². The fraction of sp³-hybridized carbons (Fsp3) is 0.440. The molecule has 0 spiro atoms. The standard InChI is InChI=1S/C23H24N6O8S2.C2HF3O2/c24-23-25-13(9-39-23)15(27-37-7-14(30)31)18(32)26-16-20(34)29-17(22(35)36)12(8-38-21(16)29)5-11-3-4-28(19(11)33)6-10-1-2-10;3-2(4,5)1(6)7/h5,9-10,16,21H,1-4,6-8H2,(H2,24,25)(H,26,32)(H,30,31)(H,35,36);(H,6,7)/b11-5+,27-15-;/t16-,21-;/m1./s1. The summed E-state index contributed by atoms with van der Waals surface area (Å²) in [5.74, 6) is -6.25. The third-order valence-electron chi connectivity index (χ3n) is 6.79. The van der Waals surface area contributed by atoms with Gasteiger partial charge in [-0.2, -0.15) is 13.2 Å². The lowest BCUT2D eigenvalue weighted by Gasteiger charge is -2.49. The number of hydrogen-bond acceptors (Lipinski definition) is 12. The molecular formula is C25H25F3N6O10S2. The summed E-state index contributed by atoms with van der Waals surface area (Å²) < 4.78 is 31.7. The monoisotopic (exact) mass is 690 g/mol. The van der Waals surface area contributed by atoms with Crippen molar-refractivity contribution < 1.29 is 62.1 Å². The predicted octanol–water partition coefficient (Wildman–Crippen LogP) is 0.471. The summed E-state index contributed by atoms with van der Waals surface area (Å²) in [7, 11) is 0. The molecule has 4 aliphatic rings. The summed E-state index contributed by atoms with van der Waals surface area (Å²) >= 11 is 2.27. The lowest BCUT2D eigenvalue weighted by atomic mass is 10.0. The maximum atomic E-state index is 13.1. The summed E-state index contributed by atoms with van der Waals surface area (Å²) in [6.07, 6.45) is -0.761. The number of nitrogens with zero attached hydrogens (tertiary/aromatic N) is 4. The third-order valence-corrected chi connectivity index (χ3v) is 8.77. The number of allylic oxidation sites excluding steroid dienone is 1. The average Bonchev–Trinajstić information content (AvgIpc) is 3.60. The molecule has 1 aliphatic carbocycles. The molecule has 0 aromatic carbocycles. The van der Waals surface area contributed by atoms with Gasteiger partial charge in [-0.3, -0.25) is 19.3 Å². The maximum Gasteiger partial charge on any atom is 0.490 e. The molecule has 0 bridgehead atoms. The highest BCUT2D eigenvalue weighted by molar-refractivity contribution is 8.00. The predicted molar refractivity (Wildman–Crippen MR) is 152 cm³/mol. The number of nitrogens with two attached hydrogens (primary N) is 1. The Hall–Kier alpha value is -4.66. The number of amides is 3. The molecule has 1 aromatic rings. The lowest BCUT2D eigenvalue weighted by Crippen LogP contribution is -2.71. The molecule has 3 amide bonds. The number of thiazole rings is 1. The van der Waals surface area contributed by atoms with Gasteiger partial charge in [0.1, 0.15) is 22.8 Å². The Morgan fingerprint density at radius 1 is 1.20 bits per heavy atom. The van der Waals surface area contributed by atoms with Gasteiger partial charge in [0.15, 0.2) is 10.8 Å². The van der Waals surface area contributed by atoms with E-state index in [1.807, 2.05) is 0 Å². The highest BCUT2D eigenvalue weighted by Crippen LogP contribution is 2.41. The SMILES string of the molecule is Nc1nc(/C(=N/OCC(=O)O)C(=O)N[C@@H]2C(=O)N3C(C(=O)O)=C(/C=C4\CCN(CC5CC5)C4=O)CS[C@H]23)cs1.O=C(O)C(F)(F)F. The minimum Gasteiger partial charge on any atom is -0.479 e. The summed E-state index contributed by atoms with van der Waals surface area (Å²) in [5, 5.41) is 32.8. The zero-order valence-electron chi connectivity index (χ0n) is 23.4. The number of carboxylic acid groups (broad SMARTS) is 3. The number of nitrogens with one attached hydrogen (secondary N) is 1. The van der Waals surface area contributed by atoms with Crippen LogP contribution in [-0.4, -0.2) is 114 Å². The Morgan fingerprint density at radius 3 is 2.41 bits per heavy atom. The van der Waals surface area contributed by atoms with E-state index in [0.717, 1.165) is 29.1 Å². The highest BCUT2D eigenvalue weighted by atomic mass is 32.2. The van der Waals surface area contributed by atoms with Gasteiger partial charge in [-0.05, 0) is 36.8 Å². The number of thioether (sulfide) groups is 1. The van der Waals surface area contributed by atoms with E-state index in [1.54, 1.807) is 11.0 Å². The Kier molecular flexibility index (Phi) is 10.2. The number of carbonyl (C=O) groups is 6. The van der Waals surface area contributed by atoms with Crippen LogP contribution in [0.25, 0.3) is 0 Å². The molecule has 0 radical (unpaired) electrons. The zero-order chi connectivity index (χ0) is 33.9. The fourth-order valence-corrected chi connectivity index (χ4v) is 6.37. The van der Waals surface area contributed by atoms with E-state index in [-0.39, 0.29) is 33.9 Å². The number of nitrogen functional groups attached to an aromatic ring is 1. The first kappa shape index (κ1) is 34.2. The number of aliphatic carboxylic acids is 3. The van der Waals surface area contributed by atoms with Gasteiger partial charge in [-0.25, -0.2) is 19.4 Å². The Balaban J connectivity index is 0.000000617. The van der Waals surface area contributed by atoms with Gasteiger partial charge in [0, 0.05) is 29.8 Å². The molecule has 21 heteroatoms. The number of aromatic nitrogens is 1. The molecular weight excluding hydrogens is 665 g/mol. The van der Waals surface area contributed by atoms with Gasteiger partial charge < -0.3 is 36.1 Å². The molecule has 1 saturated carbocycles. The topological polar surface area (TPSA) is 242 Å². The first-order valence-electron chi connectivity index (χ1n) is 13.2. The lowest BCUT2D eigenvalue weighted by molar-refractivity contribution is -0.192. The van der Waals surface area contributed by atoms with Crippen LogP contribution < -0.4 is 11.1 Å². The summed E-state index contributed by atoms with van der Waals surface area (Å²) in [6, 6.07) is -1.08. The average molecular weight is 691 g/mol. The van der Waals surface area contributed by atoms with Gasteiger partial charge in [-0.1, -0.05) is 5.16 Å². The number of alkyl halides is 3. The minimum absolute atomic E-state index is 0.0253. The van der Waals surface area contributed by atoms with Crippen LogP contribution in [0.5, 0.6) is 0 Å². The number of oxime groups is 1. The van der Waals surface area contributed by atoms with Gasteiger partial charge in [0.2, 0.25) is 12.5 Å². The van der Waals surface area contributed by atoms with E-state index < -0.39 is 53.9 Å². The molecule has 46 heavy (non-hydrogen) atoms. The molecule has 3 fully saturated rings. The summed E-state index contributed by atoms with van der Waals surface area (Å²) in [4.78, 5) is 82.3. The van der Waals surface area contributed by atoms with Crippen molar-refractivity contribution in [2.75, 3.05) is 31.2 Å². The van der Waals surface area contributed by atoms with Crippen molar-refractivity contribution >= 4 is 69.6 Å². The summed E-state index contributed by atoms with van der Waals surface area (Å²) in [6.45, 7) is 0.495. The second-order valence-electron chi connectivity index (χ2n) is 10.1. The second-order valence-corrected chi connectivity index (χ2v) is 12.1. The van der Waals surface area contributed by atoms with E-state index in [4.69, 9.17) is 25.6 Å². The Bertz CT molecular complexity index is 1550. The van der Waals surface area contributed by atoms with E-state index >= 15 is 0 Å². The third kappa shape index (κ3) is 7.94. The Morgan fingerprint density at radius 2 is 1.87 bits per heavy atom. The van der Waals surface area contributed by atoms with Crippen LogP contribution in [0.1, 0.15) is 25.0 Å². The molecule has 3 aliphatic heterocycles. The molecule has 6 N–H and O–H groups in total. The number of β-lactam (4-membered cyclic amide) rings is 1. The number of rotatable bonds is 10. The number of halogens is 3. The molecule has 16 nitrogen and oxygen atoms in total. The highest BCUT2D eigenvalue weighted by Gasteiger charge is 2.54. The van der Waals surface area contributed by atoms with E-state index in [2.05, 4.69) is 15.5 Å². The van der Waals surface area contributed by atoms with Crippen LogP contribution in [0.3, 0.4) is 0 Å². The number of likely N-dealkylation sites (tertiary alicyclic amines) is 1. The van der Waals surface area contributed by atoms with Crippen LogP contribution in [-0.2, 0) is 33.6 Å². The van der Waals surface area contributed by atoms with Gasteiger partial charge in [-0.15, -0.1) is 23.1 Å².